The summed E-state index contributed by atoms with van der Waals surface area (Å²) >= 11 is 1.90. The smallest absolute Gasteiger partial charge is 0.203 e. The van der Waals surface area contributed by atoms with E-state index in [1.54, 1.807) is 21.3 Å². The van der Waals surface area contributed by atoms with Gasteiger partial charge in [-0.15, -0.1) is 24.0 Å². The van der Waals surface area contributed by atoms with Crippen molar-refractivity contribution < 1.29 is 14.2 Å². The number of thioether (sulfide) groups is 1. The highest BCUT2D eigenvalue weighted by atomic mass is 127. The van der Waals surface area contributed by atoms with E-state index in [4.69, 9.17) is 19.2 Å². The third kappa shape index (κ3) is 8.76. The van der Waals surface area contributed by atoms with Gasteiger partial charge in [-0.1, -0.05) is 0 Å². The van der Waals surface area contributed by atoms with Crippen LogP contribution in [-0.2, 0) is 6.54 Å². The van der Waals surface area contributed by atoms with Crippen molar-refractivity contribution >= 4 is 41.7 Å². The van der Waals surface area contributed by atoms with Crippen molar-refractivity contribution in [3.8, 4) is 17.2 Å². The molecular weight excluding hydrogens is 527 g/mol. The minimum absolute atomic E-state index is 0. The van der Waals surface area contributed by atoms with E-state index in [1.165, 1.54) is 12.2 Å². The maximum absolute atomic E-state index is 5.49. The van der Waals surface area contributed by atoms with Gasteiger partial charge in [0.15, 0.2) is 17.5 Å². The van der Waals surface area contributed by atoms with E-state index in [1.807, 2.05) is 23.9 Å². The van der Waals surface area contributed by atoms with Gasteiger partial charge in [0.2, 0.25) is 5.75 Å². The van der Waals surface area contributed by atoms with Crippen LogP contribution >= 0.6 is 35.7 Å². The number of nitrogens with zero attached hydrogens (tertiary/aromatic N) is 3. The van der Waals surface area contributed by atoms with Gasteiger partial charge >= 0.3 is 0 Å². The van der Waals surface area contributed by atoms with Crippen LogP contribution < -0.4 is 19.5 Å². The second kappa shape index (κ2) is 15.7. The van der Waals surface area contributed by atoms with Crippen molar-refractivity contribution in [3.63, 3.8) is 0 Å². The Hall–Kier alpha value is -1.07. The van der Waals surface area contributed by atoms with Crippen molar-refractivity contribution in [2.75, 3.05) is 72.6 Å². The Bertz CT molecular complexity index is 645. The van der Waals surface area contributed by atoms with Gasteiger partial charge in [-0.2, -0.15) is 11.8 Å². The van der Waals surface area contributed by atoms with Gasteiger partial charge in [-0.05, 0) is 49.5 Å². The summed E-state index contributed by atoms with van der Waals surface area (Å²) in [5.41, 5.74) is 1.16. The van der Waals surface area contributed by atoms with Crippen molar-refractivity contribution in [1.82, 2.24) is 15.1 Å². The number of benzene rings is 1. The van der Waals surface area contributed by atoms with Crippen LogP contribution in [0.1, 0.15) is 25.3 Å². The molecule has 0 aromatic heterocycles. The van der Waals surface area contributed by atoms with Gasteiger partial charge in [0, 0.05) is 45.8 Å². The van der Waals surface area contributed by atoms with Gasteiger partial charge in [0.05, 0.1) is 21.3 Å². The molecule has 9 heteroatoms. The average molecular weight is 567 g/mol. The van der Waals surface area contributed by atoms with Crippen LogP contribution in [0.4, 0.5) is 0 Å². The third-order valence-corrected chi connectivity index (χ3v) is 5.85. The lowest BCUT2D eigenvalue weighted by Crippen LogP contribution is -2.52. The zero-order valence-electron chi connectivity index (χ0n) is 19.6. The maximum Gasteiger partial charge on any atom is 0.203 e. The molecule has 7 nitrogen and oxygen atoms in total. The summed E-state index contributed by atoms with van der Waals surface area (Å²) in [4.78, 5) is 9.68. The molecule has 1 aromatic rings. The van der Waals surface area contributed by atoms with E-state index in [2.05, 4.69) is 28.3 Å². The zero-order valence-corrected chi connectivity index (χ0v) is 22.8. The largest absolute Gasteiger partial charge is 0.493 e. The van der Waals surface area contributed by atoms with E-state index < -0.39 is 0 Å². The predicted octanol–water partition coefficient (Wildman–Crippen LogP) is 3.56. The van der Waals surface area contributed by atoms with Crippen molar-refractivity contribution in [2.45, 2.75) is 26.3 Å². The molecule has 1 aliphatic heterocycles. The molecule has 1 heterocycles. The molecule has 0 aliphatic carbocycles. The van der Waals surface area contributed by atoms with Crippen molar-refractivity contribution in [3.05, 3.63) is 17.7 Å². The van der Waals surface area contributed by atoms with Gasteiger partial charge in [-0.25, -0.2) is 0 Å². The summed E-state index contributed by atoms with van der Waals surface area (Å²) in [6.45, 7) is 8.71. The molecule has 178 valence electrons. The SMILES string of the molecule is CCNC(=NCCCCSC)N1CCN(Cc2cc(OC)c(OC)c(OC)c2)CC1.I. The fourth-order valence-electron chi connectivity index (χ4n) is 3.57. The molecule has 1 fully saturated rings. The Morgan fingerprint density at radius 1 is 1.03 bits per heavy atom. The number of piperazine rings is 1. The number of aliphatic imine (C=N–C) groups is 1. The Morgan fingerprint density at radius 2 is 1.68 bits per heavy atom. The Labute approximate surface area is 209 Å². The number of hydrogen-bond acceptors (Lipinski definition) is 6. The number of nitrogens with one attached hydrogen (secondary N) is 1. The fourth-order valence-corrected chi connectivity index (χ4v) is 4.06. The van der Waals surface area contributed by atoms with Gasteiger partial charge in [0.1, 0.15) is 0 Å². The topological polar surface area (TPSA) is 58.6 Å². The quantitative estimate of drug-likeness (QED) is 0.190. The summed E-state index contributed by atoms with van der Waals surface area (Å²) in [6.07, 6.45) is 4.54. The van der Waals surface area contributed by atoms with E-state index in [-0.39, 0.29) is 24.0 Å². The molecule has 0 spiro atoms. The number of methoxy groups -OCH3 is 3. The lowest BCUT2D eigenvalue weighted by molar-refractivity contribution is 0.172. The van der Waals surface area contributed by atoms with E-state index in [0.717, 1.165) is 63.8 Å². The number of guanidine groups is 1. The molecule has 1 aromatic carbocycles. The first kappa shape index (κ1) is 28.0. The number of hydrogen-bond donors (Lipinski definition) is 1. The van der Waals surface area contributed by atoms with Gasteiger partial charge < -0.3 is 24.4 Å². The molecule has 0 amide bonds. The molecule has 0 saturated carbocycles. The molecule has 0 unspecified atom stereocenters. The number of ether oxygens (including phenoxy) is 3. The van der Waals surface area contributed by atoms with E-state index in [9.17, 15) is 0 Å². The average Bonchev–Trinajstić information content (AvgIpc) is 2.78. The highest BCUT2D eigenvalue weighted by Gasteiger charge is 2.21. The molecule has 1 N–H and O–H groups in total. The second-order valence-corrected chi connectivity index (χ2v) is 8.22. The standard InChI is InChI=1S/C22H38N4O3S.HI/c1-6-23-22(24-9-7-8-14-30-5)26-12-10-25(11-13-26)17-18-15-19(27-2)21(29-4)20(16-18)28-3;/h15-16H,6-14,17H2,1-5H3,(H,23,24);1H. The normalized spacial score (nSPS) is 14.7. The molecule has 31 heavy (non-hydrogen) atoms. The first-order chi connectivity index (χ1) is 14.7. The molecule has 0 atom stereocenters. The highest BCUT2D eigenvalue weighted by molar-refractivity contribution is 14.0. The minimum atomic E-state index is 0. The number of halogens is 1. The second-order valence-electron chi connectivity index (χ2n) is 7.23. The van der Waals surface area contributed by atoms with Gasteiger partial charge in [-0.3, -0.25) is 9.89 Å². The zero-order chi connectivity index (χ0) is 21.8. The Morgan fingerprint density at radius 3 is 2.19 bits per heavy atom. The van der Waals surface area contributed by atoms with Crippen molar-refractivity contribution in [2.24, 2.45) is 4.99 Å². The van der Waals surface area contributed by atoms with Crippen LogP contribution in [-0.4, -0.2) is 88.4 Å². The van der Waals surface area contributed by atoms with Crippen LogP contribution in [0.2, 0.25) is 0 Å². The molecule has 1 saturated heterocycles. The van der Waals surface area contributed by atoms with Crippen LogP contribution in [0, 0.1) is 0 Å². The molecule has 0 radical (unpaired) electrons. The maximum atomic E-state index is 5.49. The lowest BCUT2D eigenvalue weighted by atomic mass is 10.1. The van der Waals surface area contributed by atoms with Crippen molar-refractivity contribution in [1.29, 1.82) is 0 Å². The highest BCUT2D eigenvalue weighted by Crippen LogP contribution is 2.38. The summed E-state index contributed by atoms with van der Waals surface area (Å²) in [6, 6.07) is 4.07. The first-order valence-electron chi connectivity index (χ1n) is 10.7. The summed E-state index contributed by atoms with van der Waals surface area (Å²) < 4.78 is 16.4. The molecule has 0 bridgehead atoms. The molecular formula is C22H39IN4O3S. The third-order valence-electron chi connectivity index (χ3n) is 5.16. The number of rotatable bonds is 11. The van der Waals surface area contributed by atoms with E-state index in [0.29, 0.717) is 17.2 Å². The lowest BCUT2D eigenvalue weighted by Gasteiger charge is -2.36. The van der Waals surface area contributed by atoms with Crippen LogP contribution in [0.5, 0.6) is 17.2 Å². The summed E-state index contributed by atoms with van der Waals surface area (Å²) in [5, 5.41) is 3.46. The molecule has 1 aliphatic rings. The van der Waals surface area contributed by atoms with Crippen LogP contribution in [0.3, 0.4) is 0 Å². The summed E-state index contributed by atoms with van der Waals surface area (Å²) in [7, 11) is 4.94. The predicted molar refractivity (Wildman–Crippen MR) is 142 cm³/mol. The Balaban J connectivity index is 0.00000480. The monoisotopic (exact) mass is 566 g/mol. The van der Waals surface area contributed by atoms with E-state index >= 15 is 0 Å². The van der Waals surface area contributed by atoms with Gasteiger partial charge in [0.25, 0.3) is 0 Å². The summed E-state index contributed by atoms with van der Waals surface area (Å²) in [5.74, 6) is 4.31. The van der Waals surface area contributed by atoms with Crippen LogP contribution in [0.15, 0.2) is 17.1 Å². The number of unbranched alkanes of at least 4 members (excludes halogenated alkanes) is 1. The molecule has 2 rings (SSSR count). The first-order valence-corrected chi connectivity index (χ1v) is 12.1. The Kier molecular flexibility index (Phi) is 14.1. The minimum Gasteiger partial charge on any atom is -0.493 e. The van der Waals surface area contributed by atoms with Crippen LogP contribution in [0.25, 0.3) is 0 Å². The fraction of sp³-hybridized carbons (Fsp3) is 0.682.